The standard InChI is InChI=1S/C24H23NO/c1-24(2,3)19-10-12-20(13-11-19)25-22-16-26-23-14-9-18(15-21(22)23)17-7-5-4-6-8-17/h4-16,25H,1-3H3. The molecule has 1 N–H and O–H groups in total. The number of benzene rings is 3. The van der Waals surface area contributed by atoms with Crippen LogP contribution in [0.2, 0.25) is 0 Å². The number of hydrogen-bond acceptors (Lipinski definition) is 2. The van der Waals surface area contributed by atoms with Gasteiger partial charge in [0.1, 0.15) is 11.8 Å². The third kappa shape index (κ3) is 3.23. The second-order valence-corrected chi connectivity index (χ2v) is 7.68. The van der Waals surface area contributed by atoms with E-state index in [2.05, 4.69) is 86.8 Å². The van der Waals surface area contributed by atoms with Crippen molar-refractivity contribution >= 4 is 22.3 Å². The lowest BCUT2D eigenvalue weighted by molar-refractivity contribution is 0.590. The van der Waals surface area contributed by atoms with Gasteiger partial charge in [-0.3, -0.25) is 0 Å². The highest BCUT2D eigenvalue weighted by molar-refractivity contribution is 5.95. The van der Waals surface area contributed by atoms with E-state index in [1.165, 1.54) is 16.7 Å². The van der Waals surface area contributed by atoms with Crippen LogP contribution in [-0.2, 0) is 5.41 Å². The van der Waals surface area contributed by atoms with Gasteiger partial charge in [-0.1, -0.05) is 69.3 Å². The van der Waals surface area contributed by atoms with E-state index in [9.17, 15) is 0 Å². The molecule has 2 heteroatoms. The predicted octanol–water partition coefficient (Wildman–Crippen LogP) is 7.14. The van der Waals surface area contributed by atoms with E-state index in [1.807, 2.05) is 12.1 Å². The smallest absolute Gasteiger partial charge is 0.136 e. The molecule has 4 rings (SSSR count). The van der Waals surface area contributed by atoms with Gasteiger partial charge in [0.15, 0.2) is 0 Å². The van der Waals surface area contributed by atoms with E-state index < -0.39 is 0 Å². The lowest BCUT2D eigenvalue weighted by Gasteiger charge is -2.19. The van der Waals surface area contributed by atoms with Gasteiger partial charge >= 0.3 is 0 Å². The van der Waals surface area contributed by atoms with Crippen molar-refractivity contribution in [3.63, 3.8) is 0 Å². The van der Waals surface area contributed by atoms with E-state index in [0.29, 0.717) is 0 Å². The van der Waals surface area contributed by atoms with Crippen molar-refractivity contribution in [1.82, 2.24) is 0 Å². The summed E-state index contributed by atoms with van der Waals surface area (Å²) in [6.07, 6.45) is 1.79. The highest BCUT2D eigenvalue weighted by atomic mass is 16.3. The Morgan fingerprint density at radius 3 is 2.19 bits per heavy atom. The lowest BCUT2D eigenvalue weighted by atomic mass is 9.87. The molecule has 1 heterocycles. The minimum atomic E-state index is 0.158. The number of anilines is 2. The third-order valence-corrected chi connectivity index (χ3v) is 4.71. The topological polar surface area (TPSA) is 25.2 Å². The Labute approximate surface area is 154 Å². The maximum absolute atomic E-state index is 5.73. The SMILES string of the molecule is CC(C)(C)c1ccc(Nc2coc3ccc(-c4ccccc4)cc23)cc1. The fourth-order valence-corrected chi connectivity index (χ4v) is 3.15. The van der Waals surface area contributed by atoms with Crippen molar-refractivity contribution in [3.05, 3.63) is 84.6 Å². The van der Waals surface area contributed by atoms with Gasteiger partial charge in [0, 0.05) is 11.1 Å². The summed E-state index contributed by atoms with van der Waals surface area (Å²) in [6, 6.07) is 25.3. The summed E-state index contributed by atoms with van der Waals surface area (Å²) in [7, 11) is 0. The lowest BCUT2D eigenvalue weighted by Crippen LogP contribution is -2.10. The predicted molar refractivity (Wildman–Crippen MR) is 110 cm³/mol. The van der Waals surface area contributed by atoms with Crippen molar-refractivity contribution < 1.29 is 4.42 Å². The van der Waals surface area contributed by atoms with Crippen LogP contribution in [0.3, 0.4) is 0 Å². The molecule has 3 aromatic carbocycles. The monoisotopic (exact) mass is 341 g/mol. The van der Waals surface area contributed by atoms with Crippen molar-refractivity contribution in [3.8, 4) is 11.1 Å². The van der Waals surface area contributed by atoms with E-state index in [1.54, 1.807) is 6.26 Å². The minimum absolute atomic E-state index is 0.158. The first kappa shape index (κ1) is 16.5. The van der Waals surface area contributed by atoms with Crippen LogP contribution >= 0.6 is 0 Å². The zero-order valence-corrected chi connectivity index (χ0v) is 15.4. The van der Waals surface area contributed by atoms with Crippen LogP contribution in [0, 0.1) is 0 Å². The van der Waals surface area contributed by atoms with Gasteiger partial charge in [0.05, 0.1) is 5.69 Å². The highest BCUT2D eigenvalue weighted by Crippen LogP contribution is 2.33. The molecule has 1 aromatic heterocycles. The van der Waals surface area contributed by atoms with Gasteiger partial charge in [-0.2, -0.15) is 0 Å². The first-order valence-electron chi connectivity index (χ1n) is 8.95. The number of nitrogens with one attached hydrogen (secondary N) is 1. The molecule has 130 valence electrons. The molecule has 0 fully saturated rings. The zero-order valence-electron chi connectivity index (χ0n) is 15.4. The first-order chi connectivity index (χ1) is 12.5. The van der Waals surface area contributed by atoms with Crippen LogP contribution in [0.5, 0.6) is 0 Å². The molecule has 0 spiro atoms. The van der Waals surface area contributed by atoms with Crippen LogP contribution in [0.1, 0.15) is 26.3 Å². The van der Waals surface area contributed by atoms with Crippen LogP contribution < -0.4 is 5.32 Å². The largest absolute Gasteiger partial charge is 0.462 e. The maximum Gasteiger partial charge on any atom is 0.136 e. The summed E-state index contributed by atoms with van der Waals surface area (Å²) < 4.78 is 5.73. The molecule has 4 aromatic rings. The minimum Gasteiger partial charge on any atom is -0.462 e. The Morgan fingerprint density at radius 1 is 0.769 bits per heavy atom. The third-order valence-electron chi connectivity index (χ3n) is 4.71. The number of fused-ring (bicyclic) bond motifs is 1. The molecule has 0 atom stereocenters. The summed E-state index contributed by atoms with van der Waals surface area (Å²) >= 11 is 0. The molecule has 0 radical (unpaired) electrons. The Hall–Kier alpha value is -3.00. The van der Waals surface area contributed by atoms with Crippen LogP contribution in [0.25, 0.3) is 22.1 Å². The number of furan rings is 1. The van der Waals surface area contributed by atoms with Crippen LogP contribution in [0.15, 0.2) is 83.5 Å². The van der Waals surface area contributed by atoms with E-state index in [0.717, 1.165) is 22.3 Å². The van der Waals surface area contributed by atoms with Crippen LogP contribution in [-0.4, -0.2) is 0 Å². The molecule has 26 heavy (non-hydrogen) atoms. The van der Waals surface area contributed by atoms with Gasteiger partial charge in [0.25, 0.3) is 0 Å². The Balaban J connectivity index is 1.66. The van der Waals surface area contributed by atoms with E-state index in [4.69, 9.17) is 4.42 Å². The molecule has 2 nitrogen and oxygen atoms in total. The Morgan fingerprint density at radius 2 is 1.50 bits per heavy atom. The molecule has 0 amide bonds. The summed E-state index contributed by atoms with van der Waals surface area (Å²) in [5.74, 6) is 0. The quantitative estimate of drug-likeness (QED) is 0.428. The summed E-state index contributed by atoms with van der Waals surface area (Å²) in [5.41, 5.74) is 6.81. The molecule has 0 aliphatic carbocycles. The molecule has 0 unspecified atom stereocenters. The van der Waals surface area contributed by atoms with Crippen molar-refractivity contribution in [2.45, 2.75) is 26.2 Å². The second-order valence-electron chi connectivity index (χ2n) is 7.68. The fourth-order valence-electron chi connectivity index (χ4n) is 3.15. The number of rotatable bonds is 3. The molecular formula is C24H23NO. The molecule has 0 saturated heterocycles. The maximum atomic E-state index is 5.73. The van der Waals surface area contributed by atoms with Crippen molar-refractivity contribution in [2.24, 2.45) is 0 Å². The van der Waals surface area contributed by atoms with E-state index >= 15 is 0 Å². The average Bonchev–Trinajstić information content (AvgIpc) is 3.04. The van der Waals surface area contributed by atoms with Gasteiger partial charge < -0.3 is 9.73 Å². The summed E-state index contributed by atoms with van der Waals surface area (Å²) in [5, 5.41) is 4.58. The number of hydrogen-bond donors (Lipinski definition) is 1. The van der Waals surface area contributed by atoms with Gasteiger partial charge in [-0.15, -0.1) is 0 Å². The van der Waals surface area contributed by atoms with Crippen molar-refractivity contribution in [1.29, 1.82) is 0 Å². The van der Waals surface area contributed by atoms with Gasteiger partial charge in [0.2, 0.25) is 0 Å². The van der Waals surface area contributed by atoms with Gasteiger partial charge in [-0.25, -0.2) is 0 Å². The Bertz CT molecular complexity index is 1020. The summed E-state index contributed by atoms with van der Waals surface area (Å²) in [6.45, 7) is 6.68. The molecule has 0 saturated carbocycles. The molecule has 0 aliphatic rings. The van der Waals surface area contributed by atoms with Gasteiger partial charge in [-0.05, 0) is 46.4 Å². The fraction of sp³-hybridized carbons (Fsp3) is 0.167. The molecule has 0 aliphatic heterocycles. The highest BCUT2D eigenvalue weighted by Gasteiger charge is 2.13. The van der Waals surface area contributed by atoms with E-state index in [-0.39, 0.29) is 5.41 Å². The normalized spacial score (nSPS) is 11.7. The first-order valence-corrected chi connectivity index (χ1v) is 8.95. The Kier molecular flexibility index (Phi) is 4.04. The summed E-state index contributed by atoms with van der Waals surface area (Å²) in [4.78, 5) is 0. The van der Waals surface area contributed by atoms with Crippen molar-refractivity contribution in [2.75, 3.05) is 5.32 Å². The molecule has 0 bridgehead atoms. The average molecular weight is 341 g/mol. The second kappa shape index (κ2) is 6.38. The zero-order chi connectivity index (χ0) is 18.1. The molecular weight excluding hydrogens is 318 g/mol. The van der Waals surface area contributed by atoms with Crippen LogP contribution in [0.4, 0.5) is 11.4 Å².